The van der Waals surface area contributed by atoms with Gasteiger partial charge in [0.25, 0.3) is 0 Å². The maximum absolute atomic E-state index is 6.15. The first-order valence-electron chi connectivity index (χ1n) is 9.70. The van der Waals surface area contributed by atoms with E-state index in [9.17, 15) is 0 Å². The van der Waals surface area contributed by atoms with Crippen molar-refractivity contribution in [3.63, 3.8) is 0 Å². The molecule has 0 saturated heterocycles. The quantitative estimate of drug-likeness (QED) is 0.414. The summed E-state index contributed by atoms with van der Waals surface area (Å²) >= 11 is 1.40. The summed E-state index contributed by atoms with van der Waals surface area (Å²) in [6, 6.07) is 6.22. The summed E-state index contributed by atoms with van der Waals surface area (Å²) < 4.78 is 12.7. The fourth-order valence-corrected chi connectivity index (χ4v) is 3.53. The molecule has 2 aromatic heterocycles. The van der Waals surface area contributed by atoms with Crippen molar-refractivity contribution in [1.82, 2.24) is 25.0 Å². The number of aryl methyl sites for hydroxylation is 1. The van der Waals surface area contributed by atoms with E-state index in [1.807, 2.05) is 13.0 Å². The standard InChI is InChI=1S/C20H28N6O2S/c1-12(2)8-17-22-19(28-25-17)11-29-20-24-23-18(26(20)21)10-27-16-9-14(5)6-7-15(16)13(3)4/h6-7,9,12-13H,8,10-11,21H2,1-5H3. The third-order valence-corrected chi connectivity index (χ3v) is 5.24. The molecule has 2 heterocycles. The van der Waals surface area contributed by atoms with Crippen LogP contribution >= 0.6 is 11.8 Å². The van der Waals surface area contributed by atoms with E-state index in [2.05, 4.69) is 60.2 Å². The minimum Gasteiger partial charge on any atom is -0.485 e. The summed E-state index contributed by atoms with van der Waals surface area (Å²) in [5.41, 5.74) is 2.30. The average Bonchev–Trinajstić information content (AvgIpc) is 3.24. The zero-order valence-electron chi connectivity index (χ0n) is 17.5. The number of aromatic nitrogens is 5. The normalized spacial score (nSPS) is 11.6. The van der Waals surface area contributed by atoms with E-state index in [1.165, 1.54) is 16.4 Å². The molecule has 9 heteroatoms. The number of benzene rings is 1. The van der Waals surface area contributed by atoms with E-state index in [0.29, 0.717) is 34.5 Å². The maximum atomic E-state index is 6.15. The Morgan fingerprint density at radius 3 is 2.72 bits per heavy atom. The maximum Gasteiger partial charge on any atom is 0.237 e. The highest BCUT2D eigenvalue weighted by atomic mass is 32.2. The molecule has 0 spiro atoms. The zero-order chi connectivity index (χ0) is 21.0. The molecule has 0 amide bonds. The van der Waals surface area contributed by atoms with Gasteiger partial charge in [-0.3, -0.25) is 0 Å². The van der Waals surface area contributed by atoms with E-state index in [-0.39, 0.29) is 6.61 Å². The van der Waals surface area contributed by atoms with Gasteiger partial charge in [-0.15, -0.1) is 10.2 Å². The Hall–Kier alpha value is -2.55. The fraction of sp³-hybridized carbons (Fsp3) is 0.500. The second-order valence-electron chi connectivity index (χ2n) is 7.74. The summed E-state index contributed by atoms with van der Waals surface area (Å²) in [4.78, 5) is 4.39. The molecule has 0 fully saturated rings. The average molecular weight is 417 g/mol. The lowest BCUT2D eigenvalue weighted by atomic mass is 10.0. The zero-order valence-corrected chi connectivity index (χ0v) is 18.4. The van der Waals surface area contributed by atoms with Gasteiger partial charge in [0.1, 0.15) is 12.4 Å². The van der Waals surface area contributed by atoms with Crippen molar-refractivity contribution in [1.29, 1.82) is 0 Å². The van der Waals surface area contributed by atoms with Crippen LogP contribution in [0.5, 0.6) is 5.75 Å². The highest BCUT2D eigenvalue weighted by Crippen LogP contribution is 2.28. The van der Waals surface area contributed by atoms with Gasteiger partial charge in [0.2, 0.25) is 11.0 Å². The monoisotopic (exact) mass is 416 g/mol. The van der Waals surface area contributed by atoms with Crippen LogP contribution < -0.4 is 10.6 Å². The summed E-state index contributed by atoms with van der Waals surface area (Å²) in [6.45, 7) is 10.8. The summed E-state index contributed by atoms with van der Waals surface area (Å²) in [6.07, 6.45) is 0.792. The third-order valence-electron chi connectivity index (χ3n) is 4.31. The predicted octanol–water partition coefficient (Wildman–Crippen LogP) is 3.88. The molecule has 0 unspecified atom stereocenters. The van der Waals surface area contributed by atoms with Crippen molar-refractivity contribution < 1.29 is 9.26 Å². The molecule has 0 aliphatic carbocycles. The van der Waals surface area contributed by atoms with Crippen molar-refractivity contribution in [3.8, 4) is 5.75 Å². The molecule has 3 aromatic rings. The van der Waals surface area contributed by atoms with Crippen molar-refractivity contribution >= 4 is 11.8 Å². The van der Waals surface area contributed by atoms with Crippen LogP contribution in [0.4, 0.5) is 0 Å². The van der Waals surface area contributed by atoms with Gasteiger partial charge in [-0.25, -0.2) is 4.68 Å². The van der Waals surface area contributed by atoms with Gasteiger partial charge in [-0.05, 0) is 36.0 Å². The van der Waals surface area contributed by atoms with Crippen LogP contribution in [0.3, 0.4) is 0 Å². The Balaban J connectivity index is 1.61. The number of thioether (sulfide) groups is 1. The number of rotatable bonds is 9. The topological polar surface area (TPSA) is 105 Å². The number of nitrogens with zero attached hydrogens (tertiary/aromatic N) is 5. The van der Waals surface area contributed by atoms with E-state index in [0.717, 1.165) is 29.1 Å². The summed E-state index contributed by atoms with van der Waals surface area (Å²) in [5.74, 6) is 10.1. The van der Waals surface area contributed by atoms with Crippen LogP contribution in [0.25, 0.3) is 0 Å². The van der Waals surface area contributed by atoms with Crippen LogP contribution in [0.2, 0.25) is 0 Å². The lowest BCUT2D eigenvalue weighted by Gasteiger charge is -2.14. The molecule has 0 aliphatic heterocycles. The molecular weight excluding hydrogens is 388 g/mol. The molecule has 156 valence electrons. The van der Waals surface area contributed by atoms with Crippen LogP contribution in [-0.4, -0.2) is 25.0 Å². The highest BCUT2D eigenvalue weighted by Gasteiger charge is 2.15. The largest absolute Gasteiger partial charge is 0.485 e. The molecule has 0 saturated carbocycles. The van der Waals surface area contributed by atoms with Crippen LogP contribution in [-0.2, 0) is 18.8 Å². The SMILES string of the molecule is Cc1ccc(C(C)C)c(OCc2nnc(SCc3nc(CC(C)C)no3)n2N)c1. The van der Waals surface area contributed by atoms with Gasteiger partial charge < -0.3 is 15.1 Å². The lowest BCUT2D eigenvalue weighted by molar-refractivity contribution is 0.287. The molecule has 3 rings (SSSR count). The smallest absolute Gasteiger partial charge is 0.237 e. The molecule has 29 heavy (non-hydrogen) atoms. The number of hydrogen-bond donors (Lipinski definition) is 1. The van der Waals surface area contributed by atoms with Crippen LogP contribution in [0.1, 0.15) is 62.3 Å². The van der Waals surface area contributed by atoms with Gasteiger partial charge in [0.15, 0.2) is 11.6 Å². The number of hydrogen-bond acceptors (Lipinski definition) is 8. The van der Waals surface area contributed by atoms with E-state index < -0.39 is 0 Å². The van der Waals surface area contributed by atoms with Gasteiger partial charge >= 0.3 is 0 Å². The fourth-order valence-electron chi connectivity index (χ4n) is 2.81. The first-order valence-corrected chi connectivity index (χ1v) is 10.7. The minimum atomic E-state index is 0.242. The Morgan fingerprint density at radius 2 is 2.00 bits per heavy atom. The van der Waals surface area contributed by atoms with Crippen molar-refractivity contribution in [2.75, 3.05) is 5.84 Å². The number of nitrogens with two attached hydrogens (primary N) is 1. The highest BCUT2D eigenvalue weighted by molar-refractivity contribution is 7.98. The second kappa shape index (κ2) is 9.30. The van der Waals surface area contributed by atoms with E-state index in [1.54, 1.807) is 0 Å². The van der Waals surface area contributed by atoms with Crippen LogP contribution in [0, 0.1) is 12.8 Å². The van der Waals surface area contributed by atoms with Gasteiger partial charge in [0, 0.05) is 6.42 Å². The molecule has 8 nitrogen and oxygen atoms in total. The first kappa shape index (κ1) is 21.2. The Kier molecular flexibility index (Phi) is 6.79. The second-order valence-corrected chi connectivity index (χ2v) is 8.69. The lowest BCUT2D eigenvalue weighted by Crippen LogP contribution is -2.16. The molecule has 0 aliphatic rings. The Bertz CT molecular complexity index is 950. The van der Waals surface area contributed by atoms with Crippen LogP contribution in [0.15, 0.2) is 27.9 Å². The van der Waals surface area contributed by atoms with E-state index >= 15 is 0 Å². The molecular formula is C20H28N6O2S. The van der Waals surface area contributed by atoms with Crippen molar-refractivity contribution in [2.45, 2.75) is 64.5 Å². The first-order chi connectivity index (χ1) is 13.8. The Morgan fingerprint density at radius 1 is 1.21 bits per heavy atom. The van der Waals surface area contributed by atoms with Gasteiger partial charge in [0.05, 0.1) is 5.75 Å². The van der Waals surface area contributed by atoms with Crippen molar-refractivity contribution in [2.24, 2.45) is 5.92 Å². The third kappa shape index (κ3) is 5.50. The molecule has 0 radical (unpaired) electrons. The van der Waals surface area contributed by atoms with Gasteiger partial charge in [-0.2, -0.15) is 4.98 Å². The molecule has 0 bridgehead atoms. The minimum absolute atomic E-state index is 0.242. The van der Waals surface area contributed by atoms with Gasteiger partial charge in [-0.1, -0.05) is 56.7 Å². The molecule has 2 N–H and O–H groups in total. The predicted molar refractivity (Wildman–Crippen MR) is 112 cm³/mol. The summed E-state index contributed by atoms with van der Waals surface area (Å²) in [5, 5.41) is 12.9. The molecule has 1 aromatic carbocycles. The van der Waals surface area contributed by atoms with Crippen molar-refractivity contribution in [3.05, 3.63) is 46.9 Å². The summed E-state index contributed by atoms with van der Waals surface area (Å²) in [7, 11) is 0. The van der Waals surface area contributed by atoms with E-state index in [4.69, 9.17) is 15.1 Å². The number of ether oxygens (including phenoxy) is 1. The Labute approximate surface area is 175 Å². The number of nitrogen functional groups attached to an aromatic ring is 1. The molecule has 0 atom stereocenters.